The second-order valence-electron chi connectivity index (χ2n) is 5.80. The number of nitrogens with zero attached hydrogens (tertiary/aromatic N) is 2. The predicted octanol–water partition coefficient (Wildman–Crippen LogP) is 4.94. The Bertz CT molecular complexity index is 905. The molecular weight excluding hydrogens is 399 g/mol. The third kappa shape index (κ3) is 4.89. The van der Waals surface area contributed by atoms with Gasteiger partial charge in [-0.3, -0.25) is 0 Å². The highest BCUT2D eigenvalue weighted by atomic mass is 35.5. The van der Waals surface area contributed by atoms with E-state index in [1.54, 1.807) is 36.4 Å². The van der Waals surface area contributed by atoms with Gasteiger partial charge in [-0.15, -0.1) is 12.4 Å². The fourth-order valence-corrected chi connectivity index (χ4v) is 2.78. The zero-order valence-electron chi connectivity index (χ0n) is 14.2. The highest BCUT2D eigenvalue weighted by Gasteiger charge is 2.13. The molecule has 1 heterocycles. The van der Waals surface area contributed by atoms with E-state index in [1.807, 2.05) is 19.0 Å². The molecule has 0 saturated carbocycles. The monoisotopic (exact) mass is 414 g/mol. The minimum atomic E-state index is -0.396. The van der Waals surface area contributed by atoms with Crippen molar-refractivity contribution in [3.05, 3.63) is 52.0 Å². The van der Waals surface area contributed by atoms with Crippen molar-refractivity contribution >= 4 is 52.7 Å². The zero-order valence-corrected chi connectivity index (χ0v) is 16.5. The highest BCUT2D eigenvalue weighted by molar-refractivity contribution is 6.35. The Balaban J connectivity index is 0.00000243. The Morgan fingerprint density at radius 3 is 2.50 bits per heavy atom. The van der Waals surface area contributed by atoms with Crippen LogP contribution in [0.5, 0.6) is 0 Å². The normalized spacial score (nSPS) is 10.8. The lowest BCUT2D eigenvalue weighted by Gasteiger charge is -2.09. The summed E-state index contributed by atoms with van der Waals surface area (Å²) < 4.78 is 11.0. The van der Waals surface area contributed by atoms with E-state index in [2.05, 4.69) is 4.98 Å². The predicted molar refractivity (Wildman–Crippen MR) is 106 cm³/mol. The molecule has 0 amide bonds. The second kappa shape index (κ2) is 8.73. The molecule has 0 N–H and O–H groups in total. The minimum Gasteiger partial charge on any atom is -0.461 e. The van der Waals surface area contributed by atoms with Gasteiger partial charge < -0.3 is 14.1 Å². The first kappa shape index (κ1) is 20.5. The number of halogens is 3. The molecule has 0 bridgehead atoms. The van der Waals surface area contributed by atoms with E-state index in [1.165, 1.54) is 0 Å². The summed E-state index contributed by atoms with van der Waals surface area (Å²) in [4.78, 5) is 18.4. The first-order valence-electron chi connectivity index (χ1n) is 7.61. The number of carbonyl (C=O) groups is 1. The number of hydrogen-bond donors (Lipinski definition) is 0. The van der Waals surface area contributed by atoms with E-state index in [9.17, 15) is 4.79 Å². The molecule has 0 atom stereocenters. The Kier molecular flexibility index (Phi) is 6.89. The molecule has 0 aliphatic rings. The van der Waals surface area contributed by atoms with Gasteiger partial charge >= 0.3 is 5.97 Å². The molecule has 3 aromatic rings. The van der Waals surface area contributed by atoms with E-state index in [0.29, 0.717) is 51.3 Å². The summed E-state index contributed by atoms with van der Waals surface area (Å²) in [5, 5.41) is 0.991. The average molecular weight is 416 g/mol. The average Bonchev–Trinajstić information content (AvgIpc) is 2.96. The van der Waals surface area contributed by atoms with Gasteiger partial charge in [-0.05, 0) is 50.5 Å². The molecule has 5 nitrogen and oxygen atoms in total. The fourth-order valence-electron chi connectivity index (χ4n) is 2.26. The van der Waals surface area contributed by atoms with Crippen LogP contribution in [0.3, 0.4) is 0 Å². The topological polar surface area (TPSA) is 55.6 Å². The van der Waals surface area contributed by atoms with Crippen molar-refractivity contribution in [3.8, 4) is 11.5 Å². The SMILES string of the molecule is CN(C)CCOC(=O)c1ccc2nc(-c3cc(Cl)cc(Cl)c3)oc2c1.Cl. The van der Waals surface area contributed by atoms with Gasteiger partial charge in [0, 0.05) is 22.2 Å². The summed E-state index contributed by atoms with van der Waals surface area (Å²) >= 11 is 12.0. The molecule has 0 aliphatic heterocycles. The van der Waals surface area contributed by atoms with Gasteiger partial charge in [0.25, 0.3) is 0 Å². The summed E-state index contributed by atoms with van der Waals surface area (Å²) in [6, 6.07) is 10.1. The van der Waals surface area contributed by atoms with E-state index in [0.717, 1.165) is 0 Å². The lowest BCUT2D eigenvalue weighted by atomic mass is 10.2. The van der Waals surface area contributed by atoms with Crippen molar-refractivity contribution in [2.75, 3.05) is 27.2 Å². The van der Waals surface area contributed by atoms with Gasteiger partial charge in [-0.25, -0.2) is 9.78 Å². The maximum Gasteiger partial charge on any atom is 0.338 e. The van der Waals surface area contributed by atoms with Crippen molar-refractivity contribution in [2.24, 2.45) is 0 Å². The zero-order chi connectivity index (χ0) is 18.0. The number of aromatic nitrogens is 1. The van der Waals surface area contributed by atoms with Crippen LogP contribution in [0.1, 0.15) is 10.4 Å². The van der Waals surface area contributed by atoms with Crippen molar-refractivity contribution in [1.82, 2.24) is 9.88 Å². The van der Waals surface area contributed by atoms with Crippen LogP contribution >= 0.6 is 35.6 Å². The van der Waals surface area contributed by atoms with Gasteiger partial charge in [0.05, 0.1) is 5.56 Å². The van der Waals surface area contributed by atoms with Crippen molar-refractivity contribution in [1.29, 1.82) is 0 Å². The number of rotatable bonds is 5. The first-order chi connectivity index (χ1) is 11.9. The number of likely N-dealkylation sites (N-methyl/N-ethyl adjacent to an activating group) is 1. The van der Waals surface area contributed by atoms with Gasteiger partial charge in [0.15, 0.2) is 5.58 Å². The number of carbonyl (C=O) groups excluding carboxylic acids is 1. The summed E-state index contributed by atoms with van der Waals surface area (Å²) in [5.74, 6) is -0.00924. The molecule has 138 valence electrons. The molecule has 0 spiro atoms. The molecule has 26 heavy (non-hydrogen) atoms. The Morgan fingerprint density at radius 1 is 1.15 bits per heavy atom. The van der Waals surface area contributed by atoms with Gasteiger partial charge in [0.1, 0.15) is 12.1 Å². The summed E-state index contributed by atoms with van der Waals surface area (Å²) in [6.07, 6.45) is 0. The van der Waals surface area contributed by atoms with Crippen LogP contribution in [0.4, 0.5) is 0 Å². The molecule has 0 fully saturated rings. The van der Waals surface area contributed by atoms with Crippen molar-refractivity contribution in [2.45, 2.75) is 0 Å². The quantitative estimate of drug-likeness (QED) is 0.552. The van der Waals surface area contributed by atoms with Crippen LogP contribution in [0, 0.1) is 0 Å². The number of ether oxygens (including phenoxy) is 1. The molecule has 2 aromatic carbocycles. The van der Waals surface area contributed by atoms with Crippen LogP contribution in [-0.4, -0.2) is 43.1 Å². The minimum absolute atomic E-state index is 0. The number of hydrogen-bond acceptors (Lipinski definition) is 5. The fraction of sp³-hybridized carbons (Fsp3) is 0.222. The van der Waals surface area contributed by atoms with Crippen LogP contribution in [0.15, 0.2) is 40.8 Å². The Morgan fingerprint density at radius 2 is 1.85 bits per heavy atom. The highest BCUT2D eigenvalue weighted by Crippen LogP contribution is 2.29. The van der Waals surface area contributed by atoms with E-state index >= 15 is 0 Å². The van der Waals surface area contributed by atoms with Gasteiger partial charge in [0.2, 0.25) is 5.89 Å². The molecule has 0 unspecified atom stereocenters. The van der Waals surface area contributed by atoms with Crippen molar-refractivity contribution < 1.29 is 13.9 Å². The van der Waals surface area contributed by atoms with Crippen LogP contribution in [0.2, 0.25) is 10.0 Å². The molecule has 0 radical (unpaired) electrons. The second-order valence-corrected chi connectivity index (χ2v) is 6.67. The van der Waals surface area contributed by atoms with Crippen LogP contribution in [0.25, 0.3) is 22.6 Å². The lowest BCUT2D eigenvalue weighted by Crippen LogP contribution is -2.20. The third-order valence-corrected chi connectivity index (χ3v) is 3.94. The molecule has 0 saturated heterocycles. The van der Waals surface area contributed by atoms with E-state index in [4.69, 9.17) is 32.4 Å². The lowest BCUT2D eigenvalue weighted by molar-refractivity contribution is 0.0482. The smallest absolute Gasteiger partial charge is 0.338 e. The van der Waals surface area contributed by atoms with E-state index < -0.39 is 5.97 Å². The largest absolute Gasteiger partial charge is 0.461 e. The number of fused-ring (bicyclic) bond motifs is 1. The molecular formula is C18H17Cl3N2O3. The van der Waals surface area contributed by atoms with E-state index in [-0.39, 0.29) is 12.4 Å². The van der Waals surface area contributed by atoms with Crippen LogP contribution in [-0.2, 0) is 4.74 Å². The molecule has 8 heteroatoms. The standard InChI is InChI=1S/C18H16Cl2N2O3.ClH/c1-22(2)5-6-24-18(23)11-3-4-15-16(9-11)25-17(21-15)12-7-13(19)10-14(20)8-12;/h3-4,7-10H,5-6H2,1-2H3;1H. The molecule has 1 aromatic heterocycles. The number of esters is 1. The number of benzene rings is 2. The maximum atomic E-state index is 12.1. The maximum absolute atomic E-state index is 12.1. The van der Waals surface area contributed by atoms with Crippen molar-refractivity contribution in [3.63, 3.8) is 0 Å². The molecule has 0 aliphatic carbocycles. The summed E-state index contributed by atoms with van der Waals surface area (Å²) in [6.45, 7) is 0.989. The summed E-state index contributed by atoms with van der Waals surface area (Å²) in [7, 11) is 3.83. The Hall–Kier alpha value is -1.79. The Labute approximate surface area is 167 Å². The van der Waals surface area contributed by atoms with Gasteiger partial charge in [-0.2, -0.15) is 0 Å². The first-order valence-corrected chi connectivity index (χ1v) is 8.37. The third-order valence-electron chi connectivity index (χ3n) is 3.51. The van der Waals surface area contributed by atoms with Crippen LogP contribution < -0.4 is 0 Å². The number of oxazole rings is 1. The summed E-state index contributed by atoms with van der Waals surface area (Å²) in [5.41, 5.74) is 2.21. The van der Waals surface area contributed by atoms with Gasteiger partial charge in [-0.1, -0.05) is 23.2 Å². The molecule has 3 rings (SSSR count).